The maximum atomic E-state index is 11.8. The van der Waals surface area contributed by atoms with Gasteiger partial charge in [0.25, 0.3) is 0 Å². The van der Waals surface area contributed by atoms with Gasteiger partial charge < -0.3 is 8.37 Å². The number of unbranched alkanes of at least 4 members (excludes halogenated alkanes) is 2. The van der Waals surface area contributed by atoms with Crippen molar-refractivity contribution in [3.8, 4) is 0 Å². The summed E-state index contributed by atoms with van der Waals surface area (Å²) in [5, 5.41) is 0. The normalized spacial score (nSPS) is 13.6. The molecule has 0 aliphatic heterocycles. The molecule has 33 heavy (non-hydrogen) atoms. The standard InChI is InChI=1S/C20H38O10S2.Na/c1-5-9-11-17(7-3)15-27-31(23,24)29-19(21)13-14-20(22)30-32(25,26)28-16-18(8-4)12-10-6-2;/h17-18H,5-16H2,1-4H3;. The average molecular weight is 526 g/mol. The Labute approximate surface area is 221 Å². The van der Waals surface area contributed by atoms with Crippen molar-refractivity contribution in [1.29, 1.82) is 0 Å². The summed E-state index contributed by atoms with van der Waals surface area (Å²) in [7, 11) is -9.13. The maximum Gasteiger partial charge on any atom is 0.451 e. The van der Waals surface area contributed by atoms with Crippen molar-refractivity contribution >= 4 is 62.3 Å². The SMILES string of the molecule is CCCCC(CC)COS(=O)(=O)OC(=O)CCC(=O)OS(=O)(=O)OCC(CC)CCCC.[Na]. The summed E-state index contributed by atoms with van der Waals surface area (Å²) in [5.74, 6) is -2.49. The van der Waals surface area contributed by atoms with Gasteiger partial charge in [-0.05, 0) is 24.7 Å². The predicted molar refractivity (Wildman–Crippen MR) is 124 cm³/mol. The summed E-state index contributed by atoms with van der Waals surface area (Å²) in [4.78, 5) is 23.4. The minimum absolute atomic E-state index is 0. The first-order valence-electron chi connectivity index (χ1n) is 11.2. The van der Waals surface area contributed by atoms with Crippen LogP contribution in [0.4, 0.5) is 0 Å². The number of rotatable bonds is 19. The fourth-order valence-corrected chi connectivity index (χ4v) is 4.16. The first kappa shape index (κ1) is 34.9. The largest absolute Gasteiger partial charge is 0.451 e. The molecule has 13 heteroatoms. The minimum Gasteiger partial charge on any atom is -0.325 e. The zero-order valence-corrected chi connectivity index (χ0v) is 24.2. The van der Waals surface area contributed by atoms with Crippen molar-refractivity contribution in [2.24, 2.45) is 11.8 Å². The van der Waals surface area contributed by atoms with E-state index in [0.717, 1.165) is 38.5 Å². The van der Waals surface area contributed by atoms with E-state index in [0.29, 0.717) is 12.8 Å². The van der Waals surface area contributed by atoms with Crippen LogP contribution in [0.3, 0.4) is 0 Å². The molecule has 0 bridgehead atoms. The predicted octanol–water partition coefficient (Wildman–Crippen LogP) is 3.43. The minimum atomic E-state index is -4.57. The van der Waals surface area contributed by atoms with Crippen LogP contribution in [0.25, 0.3) is 0 Å². The van der Waals surface area contributed by atoms with Gasteiger partial charge in [-0.2, -0.15) is 16.8 Å². The van der Waals surface area contributed by atoms with Crippen LogP contribution in [-0.4, -0.2) is 71.5 Å². The molecule has 2 atom stereocenters. The second kappa shape index (κ2) is 19.0. The van der Waals surface area contributed by atoms with Crippen molar-refractivity contribution in [2.75, 3.05) is 13.2 Å². The molecule has 0 saturated carbocycles. The van der Waals surface area contributed by atoms with Crippen LogP contribution in [0.1, 0.15) is 91.9 Å². The van der Waals surface area contributed by atoms with Crippen molar-refractivity contribution in [3.63, 3.8) is 0 Å². The van der Waals surface area contributed by atoms with Gasteiger partial charge in [-0.1, -0.05) is 66.2 Å². The number of carbonyl (C=O) groups is 2. The van der Waals surface area contributed by atoms with E-state index in [2.05, 4.69) is 8.37 Å². The summed E-state index contributed by atoms with van der Waals surface area (Å²) >= 11 is 0. The van der Waals surface area contributed by atoms with Crippen LogP contribution in [-0.2, 0) is 47.1 Å². The molecule has 0 aromatic carbocycles. The molecule has 0 aromatic rings. The Morgan fingerprint density at radius 3 is 1.27 bits per heavy atom. The average Bonchev–Trinajstić information content (AvgIpc) is 2.72. The van der Waals surface area contributed by atoms with E-state index in [1.165, 1.54) is 0 Å². The van der Waals surface area contributed by atoms with E-state index < -0.39 is 45.6 Å². The Balaban J connectivity index is 0. The molecule has 2 unspecified atom stereocenters. The van der Waals surface area contributed by atoms with E-state index in [9.17, 15) is 26.4 Å². The zero-order chi connectivity index (χ0) is 24.6. The van der Waals surface area contributed by atoms with Crippen LogP contribution in [0.15, 0.2) is 0 Å². The van der Waals surface area contributed by atoms with Gasteiger partial charge in [-0.25, -0.2) is 8.37 Å². The topological polar surface area (TPSA) is 139 Å². The summed E-state index contributed by atoms with van der Waals surface area (Å²) in [6.07, 6.45) is 5.39. The second-order valence-electron chi connectivity index (χ2n) is 7.63. The summed E-state index contributed by atoms with van der Waals surface area (Å²) in [6.45, 7) is 7.62. The molecular formula is C20H38NaO10S2. The van der Waals surface area contributed by atoms with Crippen molar-refractivity contribution in [1.82, 2.24) is 0 Å². The quantitative estimate of drug-likeness (QED) is 0.230. The molecule has 0 aromatic heterocycles. The van der Waals surface area contributed by atoms with E-state index in [4.69, 9.17) is 8.37 Å². The Hall–Kier alpha value is -0.240. The van der Waals surface area contributed by atoms with Gasteiger partial charge in [-0.15, -0.1) is 0 Å². The second-order valence-corrected chi connectivity index (χ2v) is 10.1. The van der Waals surface area contributed by atoms with E-state index in [1.54, 1.807) is 0 Å². The Bertz CT molecular complexity index is 689. The van der Waals surface area contributed by atoms with Gasteiger partial charge >= 0.3 is 32.7 Å². The van der Waals surface area contributed by atoms with Crippen LogP contribution >= 0.6 is 0 Å². The van der Waals surface area contributed by atoms with Gasteiger partial charge in [0.15, 0.2) is 0 Å². The third kappa shape index (κ3) is 18.7. The maximum absolute atomic E-state index is 11.8. The first-order valence-corrected chi connectivity index (χ1v) is 13.9. The Kier molecular flexibility index (Phi) is 20.1. The fourth-order valence-electron chi connectivity index (χ4n) is 2.72. The molecule has 0 heterocycles. The molecule has 0 rings (SSSR count). The van der Waals surface area contributed by atoms with E-state index in [1.807, 2.05) is 27.7 Å². The molecule has 0 N–H and O–H groups in total. The first-order chi connectivity index (χ1) is 15.0. The van der Waals surface area contributed by atoms with Gasteiger partial charge in [0.2, 0.25) is 0 Å². The molecule has 0 aliphatic rings. The monoisotopic (exact) mass is 525 g/mol. The smallest absolute Gasteiger partial charge is 0.325 e. The Morgan fingerprint density at radius 1 is 0.667 bits per heavy atom. The van der Waals surface area contributed by atoms with Crippen LogP contribution < -0.4 is 0 Å². The molecule has 0 amide bonds. The van der Waals surface area contributed by atoms with Gasteiger partial charge in [-0.3, -0.25) is 9.59 Å². The van der Waals surface area contributed by atoms with Gasteiger partial charge in [0.05, 0.1) is 26.1 Å². The Morgan fingerprint density at radius 2 is 1.00 bits per heavy atom. The third-order valence-corrected chi connectivity index (χ3v) is 6.54. The zero-order valence-electron chi connectivity index (χ0n) is 20.5. The number of hydrogen-bond acceptors (Lipinski definition) is 10. The van der Waals surface area contributed by atoms with E-state index >= 15 is 0 Å². The fraction of sp³-hybridized carbons (Fsp3) is 0.900. The molecule has 191 valence electrons. The van der Waals surface area contributed by atoms with Crippen LogP contribution in [0.2, 0.25) is 0 Å². The molecular weight excluding hydrogens is 487 g/mol. The molecule has 1 radical (unpaired) electrons. The summed E-state index contributed by atoms with van der Waals surface area (Å²) in [5.41, 5.74) is 0. The van der Waals surface area contributed by atoms with Gasteiger partial charge in [0, 0.05) is 29.6 Å². The van der Waals surface area contributed by atoms with Crippen LogP contribution in [0, 0.1) is 11.8 Å². The summed E-state index contributed by atoms with van der Waals surface area (Å²) < 4.78 is 65.1. The molecule has 0 fully saturated rings. The molecule has 10 nitrogen and oxygen atoms in total. The van der Waals surface area contributed by atoms with Crippen molar-refractivity contribution in [3.05, 3.63) is 0 Å². The van der Waals surface area contributed by atoms with Crippen molar-refractivity contribution in [2.45, 2.75) is 91.9 Å². The van der Waals surface area contributed by atoms with Crippen LogP contribution in [0.5, 0.6) is 0 Å². The molecule has 0 aliphatic carbocycles. The third-order valence-electron chi connectivity index (χ3n) is 4.91. The molecule has 0 saturated heterocycles. The number of carbonyl (C=O) groups excluding carboxylic acids is 2. The molecule has 0 spiro atoms. The van der Waals surface area contributed by atoms with Gasteiger partial charge in [0.1, 0.15) is 0 Å². The van der Waals surface area contributed by atoms with Crippen molar-refractivity contribution < 1.29 is 43.2 Å². The number of hydrogen-bond donors (Lipinski definition) is 0. The van der Waals surface area contributed by atoms with E-state index in [-0.39, 0.29) is 54.6 Å². The summed E-state index contributed by atoms with van der Waals surface area (Å²) in [6, 6.07) is 0.